The van der Waals surface area contributed by atoms with Crippen molar-refractivity contribution in [2.45, 2.75) is 58.4 Å². The molecule has 0 aromatic heterocycles. The average Bonchev–Trinajstić information content (AvgIpc) is 2.55. The Labute approximate surface area is 139 Å². The molecule has 0 radical (unpaired) electrons. The highest BCUT2D eigenvalue weighted by Crippen LogP contribution is 2.23. The van der Waals surface area contributed by atoms with Crippen molar-refractivity contribution in [2.75, 3.05) is 25.1 Å². The summed E-state index contributed by atoms with van der Waals surface area (Å²) in [6.07, 6.45) is 5.67. The van der Waals surface area contributed by atoms with Crippen LogP contribution in [0.15, 0.2) is 18.2 Å². The predicted molar refractivity (Wildman–Crippen MR) is 93.6 cm³/mol. The molecule has 1 aromatic carbocycles. The minimum Gasteiger partial charge on any atom is -0.324 e. The van der Waals surface area contributed by atoms with Crippen LogP contribution >= 0.6 is 0 Å². The Morgan fingerprint density at radius 3 is 2.65 bits per heavy atom. The van der Waals surface area contributed by atoms with Gasteiger partial charge in [-0.15, -0.1) is 0 Å². The number of rotatable bonds is 7. The highest BCUT2D eigenvalue weighted by Gasteiger charge is 2.28. The number of alkyl halides is 1. The van der Waals surface area contributed by atoms with E-state index in [1.807, 2.05) is 32.0 Å². The summed E-state index contributed by atoms with van der Waals surface area (Å²) in [4.78, 5) is 15.0. The van der Waals surface area contributed by atoms with Gasteiger partial charge < -0.3 is 5.32 Å². The smallest absolute Gasteiger partial charge is 0.241 e. The van der Waals surface area contributed by atoms with Gasteiger partial charge in [0.2, 0.25) is 5.91 Å². The van der Waals surface area contributed by atoms with Gasteiger partial charge in [-0.05, 0) is 70.2 Å². The highest BCUT2D eigenvalue weighted by atomic mass is 19.1. The normalized spacial score (nSPS) is 18.8. The maximum Gasteiger partial charge on any atom is 0.241 e. The first kappa shape index (κ1) is 17.9. The first-order valence-corrected chi connectivity index (χ1v) is 8.80. The first-order valence-electron chi connectivity index (χ1n) is 8.80. The van der Waals surface area contributed by atoms with Crippen LogP contribution in [0.5, 0.6) is 0 Å². The number of amides is 1. The summed E-state index contributed by atoms with van der Waals surface area (Å²) in [7, 11) is 0. The number of nitrogens with one attached hydrogen (secondary N) is 1. The molecule has 0 spiro atoms. The Morgan fingerprint density at radius 2 is 1.96 bits per heavy atom. The lowest BCUT2D eigenvalue weighted by Gasteiger charge is -2.34. The van der Waals surface area contributed by atoms with Crippen LogP contribution in [-0.2, 0) is 4.79 Å². The Balaban J connectivity index is 1.97. The molecule has 1 unspecified atom stereocenters. The number of hydrogen-bond donors (Lipinski definition) is 1. The van der Waals surface area contributed by atoms with Crippen LogP contribution in [0.2, 0.25) is 0 Å². The van der Waals surface area contributed by atoms with Crippen molar-refractivity contribution in [3.63, 3.8) is 0 Å². The summed E-state index contributed by atoms with van der Waals surface area (Å²) >= 11 is 0. The standard InChI is InChI=1S/C19H29FN2O/c1-15-9-8-10-16(2)18(15)21-19(23)17-11-4-7-14-22(17)13-6-3-5-12-20/h8-10,17H,3-7,11-14H2,1-2H3,(H,21,23). The third-order valence-electron chi connectivity index (χ3n) is 4.72. The van der Waals surface area contributed by atoms with Gasteiger partial charge in [0.1, 0.15) is 0 Å². The van der Waals surface area contributed by atoms with Crippen LogP contribution in [0.25, 0.3) is 0 Å². The van der Waals surface area contributed by atoms with Gasteiger partial charge in [-0.25, -0.2) is 0 Å². The molecule has 3 nitrogen and oxygen atoms in total. The molecule has 4 heteroatoms. The number of anilines is 1. The second-order valence-electron chi connectivity index (χ2n) is 6.55. The average molecular weight is 320 g/mol. The van der Waals surface area contributed by atoms with E-state index in [2.05, 4.69) is 10.2 Å². The molecule has 1 fully saturated rings. The fourth-order valence-electron chi connectivity index (χ4n) is 3.36. The zero-order valence-electron chi connectivity index (χ0n) is 14.4. The summed E-state index contributed by atoms with van der Waals surface area (Å²) in [5.41, 5.74) is 3.15. The van der Waals surface area contributed by atoms with E-state index in [1.165, 1.54) is 0 Å². The number of likely N-dealkylation sites (tertiary alicyclic amines) is 1. The number of carbonyl (C=O) groups is 1. The number of unbranched alkanes of at least 4 members (excludes halogenated alkanes) is 2. The minimum absolute atomic E-state index is 0.0480. The largest absolute Gasteiger partial charge is 0.324 e. The van der Waals surface area contributed by atoms with Crippen molar-refractivity contribution >= 4 is 11.6 Å². The van der Waals surface area contributed by atoms with Crippen molar-refractivity contribution in [1.82, 2.24) is 4.90 Å². The number of para-hydroxylation sites is 1. The van der Waals surface area contributed by atoms with Crippen molar-refractivity contribution < 1.29 is 9.18 Å². The first-order chi connectivity index (χ1) is 11.1. The SMILES string of the molecule is Cc1cccc(C)c1NC(=O)C1CCCCN1CCCCCF. The van der Waals surface area contributed by atoms with Gasteiger partial charge in [0.05, 0.1) is 12.7 Å². The molecule has 0 bridgehead atoms. The zero-order chi connectivity index (χ0) is 16.7. The van der Waals surface area contributed by atoms with Crippen molar-refractivity contribution in [2.24, 2.45) is 0 Å². The number of benzene rings is 1. The van der Waals surface area contributed by atoms with Crippen LogP contribution in [0.1, 0.15) is 49.7 Å². The monoisotopic (exact) mass is 320 g/mol. The molecular weight excluding hydrogens is 291 g/mol. The summed E-state index contributed by atoms with van der Waals surface area (Å²) in [6, 6.07) is 6.02. The molecule has 1 saturated heterocycles. The molecule has 1 aromatic rings. The van der Waals surface area contributed by atoms with E-state index in [4.69, 9.17) is 0 Å². The third kappa shape index (κ3) is 5.03. The molecular formula is C19H29FN2O. The topological polar surface area (TPSA) is 32.3 Å². The van der Waals surface area contributed by atoms with E-state index < -0.39 is 0 Å². The number of halogens is 1. The molecule has 1 amide bonds. The van der Waals surface area contributed by atoms with Gasteiger partial charge in [0, 0.05) is 5.69 Å². The number of hydrogen-bond acceptors (Lipinski definition) is 2. The number of nitrogens with zero attached hydrogens (tertiary/aromatic N) is 1. The summed E-state index contributed by atoms with van der Waals surface area (Å²) < 4.78 is 12.2. The maximum absolute atomic E-state index is 12.8. The van der Waals surface area contributed by atoms with Crippen LogP contribution < -0.4 is 5.32 Å². The summed E-state index contributed by atoms with van der Waals surface area (Å²) in [5, 5.41) is 3.14. The molecule has 0 saturated carbocycles. The molecule has 2 rings (SSSR count). The number of carbonyl (C=O) groups excluding carboxylic acids is 1. The lowest BCUT2D eigenvalue weighted by molar-refractivity contribution is -0.122. The van der Waals surface area contributed by atoms with Gasteiger partial charge in [-0.3, -0.25) is 14.1 Å². The fraction of sp³-hybridized carbons (Fsp3) is 0.632. The van der Waals surface area contributed by atoms with Crippen LogP contribution in [-0.4, -0.2) is 36.6 Å². The lowest BCUT2D eigenvalue weighted by Crippen LogP contribution is -2.47. The highest BCUT2D eigenvalue weighted by molar-refractivity contribution is 5.96. The van der Waals surface area contributed by atoms with Gasteiger partial charge in [0.15, 0.2) is 0 Å². The van der Waals surface area contributed by atoms with Crippen LogP contribution in [0, 0.1) is 13.8 Å². The maximum atomic E-state index is 12.8. The summed E-state index contributed by atoms with van der Waals surface area (Å²) in [5.74, 6) is 0.104. The molecule has 128 valence electrons. The fourth-order valence-corrected chi connectivity index (χ4v) is 3.36. The van der Waals surface area contributed by atoms with E-state index in [-0.39, 0.29) is 18.6 Å². The van der Waals surface area contributed by atoms with E-state index in [0.29, 0.717) is 6.42 Å². The van der Waals surface area contributed by atoms with E-state index in [0.717, 1.165) is 62.0 Å². The van der Waals surface area contributed by atoms with Gasteiger partial charge in [-0.2, -0.15) is 0 Å². The molecule has 0 aliphatic carbocycles. The molecule has 1 N–H and O–H groups in total. The number of aryl methyl sites for hydroxylation is 2. The quantitative estimate of drug-likeness (QED) is 0.762. The predicted octanol–water partition coefficient (Wildman–Crippen LogP) is 4.24. The molecule has 1 heterocycles. The molecule has 23 heavy (non-hydrogen) atoms. The van der Waals surface area contributed by atoms with Crippen molar-refractivity contribution in [1.29, 1.82) is 0 Å². The van der Waals surface area contributed by atoms with E-state index in [9.17, 15) is 9.18 Å². The van der Waals surface area contributed by atoms with Crippen LogP contribution in [0.4, 0.5) is 10.1 Å². The van der Waals surface area contributed by atoms with Gasteiger partial charge in [-0.1, -0.05) is 24.6 Å². The lowest BCUT2D eigenvalue weighted by atomic mass is 10.00. The minimum atomic E-state index is -0.240. The molecule has 1 aliphatic rings. The Kier molecular flexibility index (Phi) is 7.03. The molecule has 1 atom stereocenters. The number of piperidine rings is 1. The Hall–Kier alpha value is -1.42. The van der Waals surface area contributed by atoms with Gasteiger partial charge >= 0.3 is 0 Å². The molecule has 1 aliphatic heterocycles. The second-order valence-corrected chi connectivity index (χ2v) is 6.55. The summed E-state index contributed by atoms with van der Waals surface area (Å²) in [6.45, 7) is 5.68. The second kappa shape index (κ2) is 9.02. The van der Waals surface area contributed by atoms with Crippen LogP contribution in [0.3, 0.4) is 0 Å². The van der Waals surface area contributed by atoms with Gasteiger partial charge in [0.25, 0.3) is 0 Å². The van der Waals surface area contributed by atoms with Crippen molar-refractivity contribution in [3.8, 4) is 0 Å². The van der Waals surface area contributed by atoms with Crippen molar-refractivity contribution in [3.05, 3.63) is 29.3 Å². The van der Waals surface area contributed by atoms with E-state index in [1.54, 1.807) is 0 Å². The zero-order valence-corrected chi connectivity index (χ0v) is 14.4. The Morgan fingerprint density at radius 1 is 1.22 bits per heavy atom. The Bertz CT molecular complexity index is 498. The van der Waals surface area contributed by atoms with E-state index >= 15 is 0 Å². The third-order valence-corrected chi connectivity index (χ3v) is 4.72.